The van der Waals surface area contributed by atoms with Crippen molar-refractivity contribution in [2.45, 2.75) is 26.3 Å². The molecule has 0 amide bonds. The highest BCUT2D eigenvalue weighted by Gasteiger charge is 2.19. The predicted molar refractivity (Wildman–Crippen MR) is 58.4 cm³/mol. The van der Waals surface area contributed by atoms with Crippen molar-refractivity contribution in [3.63, 3.8) is 0 Å². The van der Waals surface area contributed by atoms with Crippen LogP contribution in [0.3, 0.4) is 0 Å². The molecule has 0 aliphatic heterocycles. The molecule has 0 saturated heterocycles. The molecule has 0 aliphatic carbocycles. The van der Waals surface area contributed by atoms with Gasteiger partial charge in [-0.3, -0.25) is 0 Å². The van der Waals surface area contributed by atoms with Crippen LogP contribution in [0.1, 0.15) is 31.4 Å². The largest absolute Gasteiger partial charge is 0.309 e. The van der Waals surface area contributed by atoms with Crippen molar-refractivity contribution in [3.05, 3.63) is 17.7 Å². The second-order valence-corrected chi connectivity index (χ2v) is 4.37. The number of hydrogen-bond donors (Lipinski definition) is 0. The lowest BCUT2D eigenvalue weighted by Crippen LogP contribution is -2.21. The van der Waals surface area contributed by atoms with Gasteiger partial charge in [0.2, 0.25) is 0 Å². The van der Waals surface area contributed by atoms with Crippen molar-refractivity contribution >= 4 is 11.4 Å². The third-order valence-corrected chi connectivity index (χ3v) is 3.19. The van der Waals surface area contributed by atoms with Gasteiger partial charge in [-0.1, -0.05) is 6.92 Å². The smallest absolute Gasteiger partial charge is 0.301 e. The highest BCUT2D eigenvalue weighted by atomic mass is 32.2. The summed E-state index contributed by atoms with van der Waals surface area (Å²) in [5.74, 6) is 0.513. The molecule has 4 nitrogen and oxygen atoms in total. The monoisotopic (exact) mass is 233 g/mol. The summed E-state index contributed by atoms with van der Waals surface area (Å²) in [6.07, 6.45) is 2.15. The molecular weight excluding hydrogens is 217 g/mol. The van der Waals surface area contributed by atoms with Crippen LogP contribution in [0.15, 0.2) is 6.20 Å². The second kappa shape index (κ2) is 4.85. The molecule has 86 valence electrons. The molecule has 0 spiro atoms. The van der Waals surface area contributed by atoms with Crippen molar-refractivity contribution < 1.29 is 8.09 Å². The van der Waals surface area contributed by atoms with E-state index in [-0.39, 0.29) is 6.04 Å². The van der Waals surface area contributed by atoms with Gasteiger partial charge in [-0.2, -0.15) is 4.21 Å². The normalized spacial score (nSPS) is 15.6. The van der Waals surface area contributed by atoms with Gasteiger partial charge in [-0.25, -0.2) is 8.96 Å². The Hall–Kier alpha value is -0.750. The van der Waals surface area contributed by atoms with Gasteiger partial charge in [0.25, 0.3) is 0 Å². The Balaban J connectivity index is 3.18. The molecule has 1 aromatic heterocycles. The summed E-state index contributed by atoms with van der Waals surface area (Å²) in [4.78, 5) is 5.98. The standard InChI is InChI=1S/C9H16FN3OS/c1-5-9-11-6-8(7(2)12(3)4)13(9)15(10)14/h6-7H,5H2,1-4H3. The number of hydrogen-bond acceptors (Lipinski definition) is 3. The van der Waals surface area contributed by atoms with Gasteiger partial charge in [0.15, 0.2) is 0 Å². The lowest BCUT2D eigenvalue weighted by Gasteiger charge is -2.19. The van der Waals surface area contributed by atoms with Gasteiger partial charge in [0, 0.05) is 12.5 Å². The Labute approximate surface area is 92.0 Å². The molecule has 0 radical (unpaired) electrons. The summed E-state index contributed by atoms with van der Waals surface area (Å²) in [5.41, 5.74) is 0.637. The summed E-state index contributed by atoms with van der Waals surface area (Å²) in [6.45, 7) is 3.77. The predicted octanol–water partition coefficient (Wildman–Crippen LogP) is 1.46. The molecule has 1 aromatic rings. The van der Waals surface area contributed by atoms with E-state index in [1.165, 1.54) is 0 Å². The van der Waals surface area contributed by atoms with E-state index in [0.717, 1.165) is 3.97 Å². The third-order valence-electron chi connectivity index (χ3n) is 2.48. The van der Waals surface area contributed by atoms with E-state index in [1.807, 2.05) is 32.8 Å². The minimum absolute atomic E-state index is 0.0162. The highest BCUT2D eigenvalue weighted by molar-refractivity contribution is 7.78. The number of halogens is 1. The Bertz CT molecular complexity index is 364. The van der Waals surface area contributed by atoms with E-state index in [9.17, 15) is 8.09 Å². The summed E-state index contributed by atoms with van der Waals surface area (Å²) in [7, 11) is 3.77. The van der Waals surface area contributed by atoms with Gasteiger partial charge in [-0.15, -0.1) is 3.89 Å². The third kappa shape index (κ3) is 2.43. The highest BCUT2D eigenvalue weighted by Crippen LogP contribution is 2.20. The maximum absolute atomic E-state index is 13.0. The summed E-state index contributed by atoms with van der Waals surface area (Å²) in [5, 5.41) is 0. The zero-order valence-corrected chi connectivity index (χ0v) is 10.2. The fourth-order valence-corrected chi connectivity index (χ4v) is 2.04. The molecule has 1 rings (SSSR count). The van der Waals surface area contributed by atoms with Crippen molar-refractivity contribution in [2.75, 3.05) is 14.1 Å². The van der Waals surface area contributed by atoms with Gasteiger partial charge < -0.3 is 4.90 Å². The van der Waals surface area contributed by atoms with Gasteiger partial charge in [0.05, 0.1) is 11.9 Å². The van der Waals surface area contributed by atoms with Crippen LogP contribution in [0.4, 0.5) is 3.89 Å². The molecule has 0 N–H and O–H groups in total. The van der Waals surface area contributed by atoms with Gasteiger partial charge >= 0.3 is 11.4 Å². The van der Waals surface area contributed by atoms with Crippen LogP contribution in [-0.2, 0) is 17.8 Å². The number of imidazole rings is 1. The van der Waals surface area contributed by atoms with E-state index >= 15 is 0 Å². The number of aryl methyl sites for hydroxylation is 1. The van der Waals surface area contributed by atoms with Crippen LogP contribution in [0.25, 0.3) is 0 Å². The molecule has 0 aliphatic rings. The minimum Gasteiger partial charge on any atom is -0.301 e. The molecule has 6 heteroatoms. The molecule has 0 aromatic carbocycles. The van der Waals surface area contributed by atoms with Crippen LogP contribution in [0.5, 0.6) is 0 Å². The zero-order chi connectivity index (χ0) is 11.6. The maximum Gasteiger partial charge on any atom is 0.309 e. The number of nitrogens with zero attached hydrogens (tertiary/aromatic N) is 3. The summed E-state index contributed by atoms with van der Waals surface area (Å²) >= 11 is -2.53. The Morgan fingerprint density at radius 1 is 1.67 bits per heavy atom. The lowest BCUT2D eigenvalue weighted by atomic mass is 10.2. The molecule has 1 heterocycles. The van der Waals surface area contributed by atoms with Crippen molar-refractivity contribution in [3.8, 4) is 0 Å². The van der Waals surface area contributed by atoms with Crippen molar-refractivity contribution in [1.29, 1.82) is 0 Å². The fourth-order valence-electron chi connectivity index (χ4n) is 1.34. The Morgan fingerprint density at radius 3 is 2.67 bits per heavy atom. The average Bonchev–Trinajstić information content (AvgIpc) is 2.59. The van der Waals surface area contributed by atoms with Crippen molar-refractivity contribution in [1.82, 2.24) is 13.9 Å². The van der Waals surface area contributed by atoms with Gasteiger partial charge in [-0.05, 0) is 21.0 Å². The molecule has 0 bridgehead atoms. The SMILES string of the molecule is CCc1ncc(C(C)N(C)C)n1S(=O)F. The quantitative estimate of drug-likeness (QED) is 0.739. The Kier molecular flexibility index (Phi) is 3.98. The van der Waals surface area contributed by atoms with Crippen molar-refractivity contribution in [2.24, 2.45) is 0 Å². The van der Waals surface area contributed by atoms with Gasteiger partial charge in [0.1, 0.15) is 5.82 Å². The summed E-state index contributed by atoms with van der Waals surface area (Å²) < 4.78 is 25.1. The zero-order valence-electron chi connectivity index (χ0n) is 9.40. The first kappa shape index (κ1) is 12.3. The van der Waals surface area contributed by atoms with Crippen LogP contribution in [-0.4, -0.2) is 32.2 Å². The minimum atomic E-state index is -2.53. The maximum atomic E-state index is 13.0. The average molecular weight is 233 g/mol. The van der Waals surface area contributed by atoms with E-state index in [2.05, 4.69) is 4.98 Å². The molecule has 2 atom stereocenters. The first-order valence-corrected chi connectivity index (χ1v) is 5.81. The van der Waals surface area contributed by atoms with E-state index < -0.39 is 11.4 Å². The van der Waals surface area contributed by atoms with Crippen LogP contribution in [0, 0.1) is 0 Å². The number of aromatic nitrogens is 2. The molecule has 0 fully saturated rings. The fraction of sp³-hybridized carbons (Fsp3) is 0.667. The topological polar surface area (TPSA) is 38.1 Å². The van der Waals surface area contributed by atoms with Crippen LogP contribution in [0.2, 0.25) is 0 Å². The van der Waals surface area contributed by atoms with E-state index in [1.54, 1.807) is 6.20 Å². The van der Waals surface area contributed by atoms with Crippen LogP contribution >= 0.6 is 0 Å². The Morgan fingerprint density at radius 2 is 2.27 bits per heavy atom. The molecule has 15 heavy (non-hydrogen) atoms. The second-order valence-electron chi connectivity index (χ2n) is 3.59. The first-order chi connectivity index (χ1) is 6.99. The van der Waals surface area contributed by atoms with Crippen LogP contribution < -0.4 is 0 Å². The lowest BCUT2D eigenvalue weighted by molar-refractivity contribution is 0.313. The summed E-state index contributed by atoms with van der Waals surface area (Å²) in [6, 6.07) is -0.0162. The first-order valence-electron chi connectivity index (χ1n) is 4.80. The molecule has 0 saturated carbocycles. The number of rotatable bonds is 4. The molecule has 2 unspecified atom stereocenters. The molecular formula is C9H16FN3OS. The van der Waals surface area contributed by atoms with E-state index in [0.29, 0.717) is 17.9 Å². The van der Waals surface area contributed by atoms with E-state index in [4.69, 9.17) is 0 Å².